The van der Waals surface area contributed by atoms with E-state index in [0.717, 1.165) is 25.9 Å². The van der Waals surface area contributed by atoms with Gasteiger partial charge in [0, 0.05) is 22.9 Å². The van der Waals surface area contributed by atoms with Gasteiger partial charge in [0.25, 0.3) is 5.70 Å². The predicted molar refractivity (Wildman–Crippen MR) is 101 cm³/mol. The molecule has 7 heteroatoms. The highest BCUT2D eigenvalue weighted by molar-refractivity contribution is 6.30. The minimum absolute atomic E-state index is 0.00184. The SMILES string of the molecule is NC1(C2CCNCC2)c2ccc(Cl)cc2C([N+](=O)[O-])=Cc2cccnc21. The molecule has 2 aromatic rings. The molecule has 1 unspecified atom stereocenters. The van der Waals surface area contributed by atoms with Crippen molar-refractivity contribution in [3.05, 3.63) is 74.0 Å². The van der Waals surface area contributed by atoms with Crippen LogP contribution < -0.4 is 11.1 Å². The van der Waals surface area contributed by atoms with Gasteiger partial charge in [0.1, 0.15) is 0 Å². The predicted octanol–water partition coefficient (Wildman–Crippen LogP) is 3.03. The number of aromatic nitrogens is 1. The summed E-state index contributed by atoms with van der Waals surface area (Å²) < 4.78 is 0. The summed E-state index contributed by atoms with van der Waals surface area (Å²) in [6, 6.07) is 8.82. The summed E-state index contributed by atoms with van der Waals surface area (Å²) in [6.07, 6.45) is 5.01. The van der Waals surface area contributed by atoms with E-state index in [1.54, 1.807) is 30.5 Å². The first-order valence-corrected chi connectivity index (χ1v) is 9.01. The van der Waals surface area contributed by atoms with Crippen molar-refractivity contribution >= 4 is 23.4 Å². The number of nitro groups is 1. The number of fused-ring (bicyclic) bond motifs is 2. The van der Waals surface area contributed by atoms with Gasteiger partial charge in [-0.2, -0.15) is 0 Å². The molecule has 1 atom stereocenters. The molecule has 4 rings (SSSR count). The highest BCUT2D eigenvalue weighted by atomic mass is 35.5. The highest BCUT2D eigenvalue weighted by Gasteiger charge is 2.45. The van der Waals surface area contributed by atoms with E-state index in [0.29, 0.717) is 27.4 Å². The Bertz CT molecular complexity index is 908. The molecular formula is C19H19ClN4O2. The van der Waals surface area contributed by atoms with Crippen LogP contribution in [0.5, 0.6) is 0 Å². The Morgan fingerprint density at radius 1 is 1.31 bits per heavy atom. The van der Waals surface area contributed by atoms with E-state index in [-0.39, 0.29) is 16.5 Å². The first kappa shape index (κ1) is 17.1. The quantitative estimate of drug-likeness (QED) is 0.626. The molecule has 26 heavy (non-hydrogen) atoms. The average Bonchev–Trinajstić information content (AvgIpc) is 2.76. The van der Waals surface area contributed by atoms with E-state index in [1.807, 2.05) is 12.1 Å². The number of piperidine rings is 1. The second-order valence-electron chi connectivity index (χ2n) is 6.81. The molecule has 0 amide bonds. The summed E-state index contributed by atoms with van der Waals surface area (Å²) in [6.45, 7) is 1.73. The molecule has 1 fully saturated rings. The molecule has 0 bridgehead atoms. The Balaban J connectivity index is 2.05. The normalized spacial score (nSPS) is 22.8. The number of halogens is 1. The van der Waals surface area contributed by atoms with Crippen molar-refractivity contribution in [3.63, 3.8) is 0 Å². The van der Waals surface area contributed by atoms with Gasteiger partial charge < -0.3 is 11.1 Å². The zero-order chi connectivity index (χ0) is 18.3. The maximum atomic E-state index is 11.8. The number of pyridine rings is 1. The van der Waals surface area contributed by atoms with Crippen LogP contribution in [0.1, 0.15) is 35.2 Å². The molecule has 0 spiro atoms. The minimum Gasteiger partial charge on any atom is -0.317 e. The largest absolute Gasteiger partial charge is 0.317 e. The number of nitrogens with one attached hydrogen (secondary N) is 1. The fraction of sp³-hybridized carbons (Fsp3) is 0.316. The number of rotatable bonds is 2. The zero-order valence-electron chi connectivity index (χ0n) is 14.1. The summed E-state index contributed by atoms with van der Waals surface area (Å²) >= 11 is 6.17. The number of nitrogens with two attached hydrogens (primary N) is 1. The first-order chi connectivity index (χ1) is 12.5. The Morgan fingerprint density at radius 2 is 2.08 bits per heavy atom. The van der Waals surface area contributed by atoms with Crippen LogP contribution in [0.2, 0.25) is 5.02 Å². The smallest absolute Gasteiger partial charge is 0.277 e. The van der Waals surface area contributed by atoms with Gasteiger partial charge in [-0.25, -0.2) is 0 Å². The van der Waals surface area contributed by atoms with Crippen molar-refractivity contribution in [3.8, 4) is 0 Å². The standard InChI is InChI=1S/C19H19ClN4O2/c20-14-3-4-16-15(11-14)17(24(25)26)10-12-2-1-7-23-18(12)19(16,21)13-5-8-22-9-6-13/h1-4,7,10-11,13,22H,5-6,8-9,21H2. The lowest BCUT2D eigenvalue weighted by molar-refractivity contribution is -0.374. The molecule has 2 aliphatic rings. The zero-order valence-corrected chi connectivity index (χ0v) is 14.9. The lowest BCUT2D eigenvalue weighted by Crippen LogP contribution is -2.50. The molecule has 6 nitrogen and oxygen atoms in total. The maximum Gasteiger partial charge on any atom is 0.277 e. The Morgan fingerprint density at radius 3 is 2.81 bits per heavy atom. The van der Waals surface area contributed by atoms with Crippen molar-refractivity contribution < 1.29 is 4.92 Å². The summed E-state index contributed by atoms with van der Waals surface area (Å²) in [5, 5.41) is 15.6. The molecule has 0 radical (unpaired) electrons. The Kier molecular flexibility index (Phi) is 4.26. The van der Waals surface area contributed by atoms with Gasteiger partial charge in [0.15, 0.2) is 0 Å². The van der Waals surface area contributed by atoms with Crippen molar-refractivity contribution in [1.29, 1.82) is 0 Å². The van der Waals surface area contributed by atoms with Crippen LogP contribution in [0.15, 0.2) is 36.5 Å². The van der Waals surface area contributed by atoms with Crippen LogP contribution in [0.25, 0.3) is 11.8 Å². The molecule has 0 saturated carbocycles. The number of benzene rings is 1. The third kappa shape index (κ3) is 2.61. The summed E-state index contributed by atoms with van der Waals surface area (Å²) in [5.74, 6) is 0.122. The van der Waals surface area contributed by atoms with E-state index >= 15 is 0 Å². The molecule has 1 aliphatic heterocycles. The van der Waals surface area contributed by atoms with E-state index in [2.05, 4.69) is 10.3 Å². The molecular weight excluding hydrogens is 352 g/mol. The van der Waals surface area contributed by atoms with Gasteiger partial charge in [-0.1, -0.05) is 23.7 Å². The summed E-state index contributed by atoms with van der Waals surface area (Å²) in [7, 11) is 0. The monoisotopic (exact) mass is 370 g/mol. The van der Waals surface area contributed by atoms with Crippen LogP contribution in [-0.2, 0) is 5.54 Å². The van der Waals surface area contributed by atoms with Crippen molar-refractivity contribution in [1.82, 2.24) is 10.3 Å². The Hall–Kier alpha value is -2.28. The number of hydrogen-bond donors (Lipinski definition) is 2. The molecule has 1 saturated heterocycles. The van der Waals surface area contributed by atoms with Crippen LogP contribution in [0.4, 0.5) is 0 Å². The van der Waals surface area contributed by atoms with Crippen LogP contribution in [0.3, 0.4) is 0 Å². The van der Waals surface area contributed by atoms with Gasteiger partial charge in [-0.15, -0.1) is 0 Å². The number of nitrogens with zero attached hydrogens (tertiary/aromatic N) is 2. The second kappa shape index (κ2) is 6.46. The number of hydrogen-bond acceptors (Lipinski definition) is 5. The second-order valence-corrected chi connectivity index (χ2v) is 7.25. The molecule has 2 heterocycles. The molecule has 1 aromatic heterocycles. The van der Waals surface area contributed by atoms with Gasteiger partial charge in [-0.3, -0.25) is 15.1 Å². The fourth-order valence-corrected chi connectivity index (χ4v) is 4.34. The highest BCUT2D eigenvalue weighted by Crippen LogP contribution is 2.45. The van der Waals surface area contributed by atoms with Gasteiger partial charge >= 0.3 is 0 Å². The van der Waals surface area contributed by atoms with Gasteiger partial charge in [0.2, 0.25) is 0 Å². The van der Waals surface area contributed by atoms with Crippen molar-refractivity contribution in [2.75, 3.05) is 13.1 Å². The third-order valence-corrected chi connectivity index (χ3v) is 5.64. The molecule has 1 aliphatic carbocycles. The van der Waals surface area contributed by atoms with E-state index in [1.165, 1.54) is 0 Å². The van der Waals surface area contributed by atoms with E-state index in [9.17, 15) is 10.1 Å². The summed E-state index contributed by atoms with van der Waals surface area (Å²) in [5.41, 5.74) is 8.73. The van der Waals surface area contributed by atoms with Crippen LogP contribution in [0, 0.1) is 16.0 Å². The van der Waals surface area contributed by atoms with Crippen molar-refractivity contribution in [2.45, 2.75) is 18.4 Å². The van der Waals surface area contributed by atoms with Crippen LogP contribution >= 0.6 is 11.6 Å². The van der Waals surface area contributed by atoms with Crippen molar-refractivity contribution in [2.24, 2.45) is 11.7 Å². The Labute approximate surface area is 156 Å². The fourth-order valence-electron chi connectivity index (χ4n) is 4.16. The molecule has 3 N–H and O–H groups in total. The lowest BCUT2D eigenvalue weighted by Gasteiger charge is -2.40. The van der Waals surface area contributed by atoms with Crippen LogP contribution in [-0.4, -0.2) is 23.0 Å². The minimum atomic E-state index is -0.910. The third-order valence-electron chi connectivity index (χ3n) is 5.41. The van der Waals surface area contributed by atoms with Gasteiger partial charge in [-0.05, 0) is 55.6 Å². The van der Waals surface area contributed by atoms with E-state index < -0.39 is 5.54 Å². The topological polar surface area (TPSA) is 94.1 Å². The molecule has 1 aromatic carbocycles. The molecule has 134 valence electrons. The van der Waals surface area contributed by atoms with Gasteiger partial charge in [0.05, 0.1) is 21.7 Å². The summed E-state index contributed by atoms with van der Waals surface area (Å²) in [4.78, 5) is 16.0. The van der Waals surface area contributed by atoms with E-state index in [4.69, 9.17) is 17.3 Å². The lowest BCUT2D eigenvalue weighted by atomic mass is 9.70. The maximum absolute atomic E-state index is 11.8. The first-order valence-electron chi connectivity index (χ1n) is 8.63. The average molecular weight is 371 g/mol.